The lowest BCUT2D eigenvalue weighted by molar-refractivity contribution is -0.122. The van der Waals surface area contributed by atoms with Gasteiger partial charge >= 0.3 is 0 Å². The second-order valence-corrected chi connectivity index (χ2v) is 6.15. The minimum absolute atomic E-state index is 0.0958. The minimum atomic E-state index is 0.0958. The van der Waals surface area contributed by atoms with Crippen molar-refractivity contribution in [3.63, 3.8) is 0 Å². The Bertz CT molecular complexity index is 515. The maximum Gasteiger partial charge on any atom is 0.193 e. The van der Waals surface area contributed by atoms with Crippen LogP contribution in [0.3, 0.4) is 0 Å². The molecular weight excluding hydrogens is 258 g/mol. The summed E-state index contributed by atoms with van der Waals surface area (Å²) in [4.78, 5) is 17.5. The van der Waals surface area contributed by atoms with Crippen molar-refractivity contribution < 1.29 is 4.79 Å². The third-order valence-electron chi connectivity index (χ3n) is 3.34. The molecule has 0 spiro atoms. The van der Waals surface area contributed by atoms with Crippen molar-refractivity contribution in [2.45, 2.75) is 45.6 Å². The number of Topliss-reactive ketones (excluding diaryl/α,β-unsaturated/α-hetero) is 1. The Morgan fingerprint density at radius 3 is 2.95 bits per heavy atom. The van der Waals surface area contributed by atoms with Gasteiger partial charge < -0.3 is 5.73 Å². The van der Waals surface area contributed by atoms with Crippen molar-refractivity contribution in [2.75, 3.05) is 0 Å². The molecule has 104 valence electrons. The molecule has 0 bridgehead atoms. The largest absolute Gasteiger partial charge is 0.328 e. The van der Waals surface area contributed by atoms with Gasteiger partial charge in [0.05, 0.1) is 12.1 Å². The quantitative estimate of drug-likeness (QED) is 0.847. The smallest absolute Gasteiger partial charge is 0.193 e. The van der Waals surface area contributed by atoms with E-state index >= 15 is 0 Å². The van der Waals surface area contributed by atoms with E-state index in [1.54, 1.807) is 11.3 Å². The first-order valence-electron chi connectivity index (χ1n) is 6.75. The molecule has 0 aliphatic rings. The van der Waals surface area contributed by atoms with Gasteiger partial charge in [-0.2, -0.15) is 0 Å². The van der Waals surface area contributed by atoms with Crippen LogP contribution in [0.15, 0.2) is 17.8 Å². The van der Waals surface area contributed by atoms with E-state index in [2.05, 4.69) is 4.98 Å². The predicted octanol–water partition coefficient (Wildman–Crippen LogP) is 2.66. The van der Waals surface area contributed by atoms with Crippen LogP contribution in [0.2, 0.25) is 0 Å². The fourth-order valence-electron chi connectivity index (χ4n) is 2.12. The van der Waals surface area contributed by atoms with Crippen LogP contribution in [-0.2, 0) is 11.2 Å². The van der Waals surface area contributed by atoms with Gasteiger partial charge in [-0.15, -0.1) is 11.3 Å². The number of carbonyl (C=O) groups is 1. The van der Waals surface area contributed by atoms with E-state index in [1.807, 2.05) is 36.0 Å². The first-order valence-corrected chi connectivity index (χ1v) is 7.63. The van der Waals surface area contributed by atoms with Gasteiger partial charge in [-0.3, -0.25) is 9.20 Å². The molecule has 0 amide bonds. The molecule has 2 unspecified atom stereocenters. The molecule has 0 aliphatic heterocycles. The molecule has 2 heterocycles. The molecule has 0 radical (unpaired) electrons. The summed E-state index contributed by atoms with van der Waals surface area (Å²) in [6.07, 6.45) is 7.27. The summed E-state index contributed by atoms with van der Waals surface area (Å²) in [5.41, 5.74) is 6.58. The Hall–Kier alpha value is -1.20. The minimum Gasteiger partial charge on any atom is -0.328 e. The van der Waals surface area contributed by atoms with E-state index in [9.17, 15) is 4.79 Å². The highest BCUT2D eigenvalue weighted by Crippen LogP contribution is 2.15. The first-order chi connectivity index (χ1) is 9.06. The van der Waals surface area contributed by atoms with Crippen LogP contribution >= 0.6 is 11.3 Å². The van der Waals surface area contributed by atoms with Crippen LogP contribution in [0.4, 0.5) is 0 Å². The number of hydrogen-bond donors (Lipinski definition) is 1. The van der Waals surface area contributed by atoms with Gasteiger partial charge in [-0.1, -0.05) is 13.3 Å². The van der Waals surface area contributed by atoms with Gasteiger partial charge in [0.1, 0.15) is 5.78 Å². The SMILES string of the molecule is CC(N)CCCC(C)C(=O)Cc1cn2ccsc2n1. The van der Waals surface area contributed by atoms with Gasteiger partial charge in [0, 0.05) is 29.7 Å². The number of imidazole rings is 1. The standard InChI is InChI=1S/C14H21N3OS/c1-10(4-3-5-11(2)15)13(18)8-12-9-17-6-7-19-14(17)16-12/h6-7,9-11H,3-5,8,15H2,1-2H3. The lowest BCUT2D eigenvalue weighted by atomic mass is 9.95. The Balaban J connectivity index is 1.84. The molecule has 0 saturated carbocycles. The second-order valence-electron chi connectivity index (χ2n) is 5.28. The molecule has 5 heteroatoms. The fourth-order valence-corrected chi connectivity index (χ4v) is 2.84. The van der Waals surface area contributed by atoms with Crippen LogP contribution in [0.1, 0.15) is 38.8 Å². The normalized spacial score (nSPS) is 14.7. The molecule has 2 aromatic heterocycles. The van der Waals surface area contributed by atoms with E-state index < -0.39 is 0 Å². The van der Waals surface area contributed by atoms with Crippen LogP contribution in [0, 0.1) is 5.92 Å². The number of rotatable bonds is 7. The lowest BCUT2D eigenvalue weighted by Crippen LogP contribution is -2.17. The summed E-state index contributed by atoms with van der Waals surface area (Å²) < 4.78 is 1.97. The number of thiazole rings is 1. The van der Waals surface area contributed by atoms with Crippen LogP contribution in [0.25, 0.3) is 4.96 Å². The topological polar surface area (TPSA) is 60.4 Å². The van der Waals surface area contributed by atoms with Crippen LogP contribution < -0.4 is 5.73 Å². The monoisotopic (exact) mass is 279 g/mol. The fraction of sp³-hybridized carbons (Fsp3) is 0.571. The van der Waals surface area contributed by atoms with Crippen LogP contribution in [-0.4, -0.2) is 21.2 Å². The molecule has 0 saturated heterocycles. The highest BCUT2D eigenvalue weighted by Gasteiger charge is 2.15. The second kappa shape index (κ2) is 6.30. The average Bonchev–Trinajstić information content (AvgIpc) is 2.88. The number of hydrogen-bond acceptors (Lipinski definition) is 4. The predicted molar refractivity (Wildman–Crippen MR) is 78.4 cm³/mol. The highest BCUT2D eigenvalue weighted by atomic mass is 32.1. The zero-order valence-electron chi connectivity index (χ0n) is 11.5. The summed E-state index contributed by atoms with van der Waals surface area (Å²) in [7, 11) is 0. The molecule has 0 aromatic carbocycles. The summed E-state index contributed by atoms with van der Waals surface area (Å²) in [5.74, 6) is 0.369. The Labute approximate surface area is 117 Å². The number of nitrogens with two attached hydrogens (primary N) is 1. The van der Waals surface area contributed by atoms with E-state index in [1.165, 1.54) is 0 Å². The first kappa shape index (κ1) is 14.2. The molecular formula is C14H21N3OS. The Morgan fingerprint density at radius 2 is 2.26 bits per heavy atom. The summed E-state index contributed by atoms with van der Waals surface area (Å²) >= 11 is 1.59. The van der Waals surface area contributed by atoms with E-state index in [0.29, 0.717) is 6.42 Å². The molecule has 4 nitrogen and oxygen atoms in total. The van der Waals surface area contributed by atoms with Crippen molar-refractivity contribution in [3.05, 3.63) is 23.5 Å². The number of carbonyl (C=O) groups excluding carboxylic acids is 1. The number of fused-ring (bicyclic) bond motifs is 1. The van der Waals surface area contributed by atoms with Crippen molar-refractivity contribution in [1.82, 2.24) is 9.38 Å². The van der Waals surface area contributed by atoms with Crippen molar-refractivity contribution in [1.29, 1.82) is 0 Å². The maximum atomic E-state index is 12.1. The summed E-state index contributed by atoms with van der Waals surface area (Å²) in [6, 6.07) is 0.224. The van der Waals surface area contributed by atoms with Gasteiger partial charge in [0.2, 0.25) is 0 Å². The molecule has 2 rings (SSSR count). The van der Waals surface area contributed by atoms with Crippen LogP contribution in [0.5, 0.6) is 0 Å². The van der Waals surface area contributed by atoms with E-state index in [-0.39, 0.29) is 17.7 Å². The molecule has 19 heavy (non-hydrogen) atoms. The summed E-state index contributed by atoms with van der Waals surface area (Å²) in [6.45, 7) is 4.01. The number of nitrogens with zero attached hydrogens (tertiary/aromatic N) is 2. The zero-order chi connectivity index (χ0) is 13.8. The van der Waals surface area contributed by atoms with Crippen molar-refractivity contribution in [3.8, 4) is 0 Å². The van der Waals surface area contributed by atoms with E-state index in [0.717, 1.165) is 29.9 Å². The average molecular weight is 279 g/mol. The summed E-state index contributed by atoms with van der Waals surface area (Å²) in [5, 5.41) is 1.99. The molecule has 0 fully saturated rings. The molecule has 2 aromatic rings. The van der Waals surface area contributed by atoms with Gasteiger partial charge in [-0.25, -0.2) is 4.98 Å². The van der Waals surface area contributed by atoms with Gasteiger partial charge in [-0.05, 0) is 19.8 Å². The molecule has 2 N–H and O–H groups in total. The number of ketones is 1. The van der Waals surface area contributed by atoms with Gasteiger partial charge in [0.15, 0.2) is 4.96 Å². The van der Waals surface area contributed by atoms with Crippen molar-refractivity contribution >= 4 is 22.1 Å². The van der Waals surface area contributed by atoms with Crippen molar-refractivity contribution in [2.24, 2.45) is 11.7 Å². The van der Waals surface area contributed by atoms with Gasteiger partial charge in [0.25, 0.3) is 0 Å². The number of aromatic nitrogens is 2. The Kier molecular flexibility index (Phi) is 4.71. The maximum absolute atomic E-state index is 12.1. The molecule has 2 atom stereocenters. The third-order valence-corrected chi connectivity index (χ3v) is 4.12. The molecule has 0 aliphatic carbocycles. The lowest BCUT2D eigenvalue weighted by Gasteiger charge is -2.10. The van der Waals surface area contributed by atoms with E-state index in [4.69, 9.17) is 5.73 Å². The highest BCUT2D eigenvalue weighted by molar-refractivity contribution is 7.15. The zero-order valence-corrected chi connectivity index (χ0v) is 12.3. The third kappa shape index (κ3) is 3.88. The Morgan fingerprint density at radius 1 is 1.47 bits per heavy atom.